The molecule has 0 aliphatic rings. The summed E-state index contributed by atoms with van der Waals surface area (Å²) in [5.41, 5.74) is -0.183. The minimum Gasteiger partial charge on any atom is -0.466 e. The maximum atomic E-state index is 13.2. The van der Waals surface area contributed by atoms with Crippen LogP contribution < -0.4 is 10.6 Å². The van der Waals surface area contributed by atoms with Gasteiger partial charge in [-0.1, -0.05) is 44.0 Å². The summed E-state index contributed by atoms with van der Waals surface area (Å²) in [7, 11) is 0. The Morgan fingerprint density at radius 3 is 2.09 bits per heavy atom. The molecular weight excluding hydrogens is 460 g/mol. The minimum absolute atomic E-state index is 0.0286. The van der Waals surface area contributed by atoms with Gasteiger partial charge in [0.1, 0.15) is 12.1 Å². The van der Waals surface area contributed by atoms with Gasteiger partial charge < -0.3 is 20.1 Å². The Morgan fingerprint density at radius 1 is 0.971 bits per heavy atom. The number of hydrogen-bond donors (Lipinski definition) is 2. The van der Waals surface area contributed by atoms with Gasteiger partial charge in [-0.3, -0.25) is 14.4 Å². The highest BCUT2D eigenvalue weighted by Gasteiger charge is 2.36. The van der Waals surface area contributed by atoms with Gasteiger partial charge in [0.2, 0.25) is 11.8 Å². The summed E-state index contributed by atoms with van der Waals surface area (Å²) in [6.07, 6.45) is 0.592. The highest BCUT2D eigenvalue weighted by atomic mass is 35.5. The fourth-order valence-corrected chi connectivity index (χ4v) is 3.40. The van der Waals surface area contributed by atoms with Crippen LogP contribution in [0.1, 0.15) is 66.4 Å². The summed E-state index contributed by atoms with van der Waals surface area (Å²) in [6.45, 7) is 11.0. The molecule has 0 fully saturated rings. The van der Waals surface area contributed by atoms with Gasteiger partial charge in [-0.2, -0.15) is 0 Å². The van der Waals surface area contributed by atoms with Gasteiger partial charge in [-0.05, 0) is 57.7 Å². The van der Waals surface area contributed by atoms with Crippen LogP contribution in [-0.2, 0) is 34.1 Å². The van der Waals surface area contributed by atoms with Gasteiger partial charge in [0.25, 0.3) is 0 Å². The van der Waals surface area contributed by atoms with Crippen molar-refractivity contribution in [3.05, 3.63) is 34.9 Å². The fraction of sp³-hybridized carbons (Fsp3) is 0.600. The molecule has 0 aliphatic carbocycles. The molecule has 1 rings (SSSR count). The van der Waals surface area contributed by atoms with E-state index in [2.05, 4.69) is 10.6 Å². The number of esters is 2. The molecule has 34 heavy (non-hydrogen) atoms. The topological polar surface area (TPSA) is 111 Å². The van der Waals surface area contributed by atoms with Crippen molar-refractivity contribution < 1.29 is 28.7 Å². The summed E-state index contributed by atoms with van der Waals surface area (Å²) < 4.78 is 9.97. The second-order valence-corrected chi connectivity index (χ2v) is 9.06. The first-order valence-electron chi connectivity index (χ1n) is 11.7. The number of amides is 2. The van der Waals surface area contributed by atoms with Crippen molar-refractivity contribution in [2.24, 2.45) is 5.92 Å². The van der Waals surface area contributed by atoms with E-state index >= 15 is 0 Å². The minimum atomic E-state index is -1.04. The van der Waals surface area contributed by atoms with E-state index in [1.807, 2.05) is 13.8 Å². The number of halogens is 1. The van der Waals surface area contributed by atoms with E-state index in [9.17, 15) is 19.2 Å². The van der Waals surface area contributed by atoms with Crippen LogP contribution in [0.25, 0.3) is 0 Å². The summed E-state index contributed by atoms with van der Waals surface area (Å²) >= 11 is 5.97. The van der Waals surface area contributed by atoms with Crippen molar-refractivity contribution in [3.63, 3.8) is 0 Å². The molecule has 0 spiro atoms. The number of carbonyl (C=O) groups excluding carboxylic acids is 4. The van der Waals surface area contributed by atoms with Crippen molar-refractivity contribution in [1.29, 1.82) is 0 Å². The lowest BCUT2D eigenvalue weighted by Crippen LogP contribution is -2.56. The maximum absolute atomic E-state index is 13.2. The highest BCUT2D eigenvalue weighted by molar-refractivity contribution is 6.30. The Kier molecular flexibility index (Phi) is 12.1. The molecule has 1 aromatic rings. The van der Waals surface area contributed by atoms with Crippen LogP contribution in [0, 0.1) is 5.92 Å². The lowest BCUT2D eigenvalue weighted by Gasteiger charge is -2.30. The third-order valence-electron chi connectivity index (χ3n) is 5.75. The quantitative estimate of drug-likeness (QED) is 0.404. The predicted molar refractivity (Wildman–Crippen MR) is 130 cm³/mol. The molecule has 9 heteroatoms. The number of nitrogens with one attached hydrogen (secondary N) is 2. The Balaban J connectivity index is 3.04. The molecule has 0 bridgehead atoms. The molecule has 0 saturated carbocycles. The number of ether oxygens (including phenoxy) is 2. The van der Waals surface area contributed by atoms with Gasteiger partial charge in [0, 0.05) is 11.4 Å². The van der Waals surface area contributed by atoms with Crippen molar-refractivity contribution in [2.75, 3.05) is 13.2 Å². The van der Waals surface area contributed by atoms with Gasteiger partial charge in [0.15, 0.2) is 0 Å². The van der Waals surface area contributed by atoms with Crippen molar-refractivity contribution in [3.8, 4) is 0 Å². The summed E-state index contributed by atoms with van der Waals surface area (Å²) in [6, 6.07) is 5.03. The normalized spacial score (nSPS) is 13.9. The Labute approximate surface area is 207 Å². The first-order valence-corrected chi connectivity index (χ1v) is 12.0. The first-order chi connectivity index (χ1) is 16.0. The summed E-state index contributed by atoms with van der Waals surface area (Å²) in [5, 5.41) is 6.08. The predicted octanol–water partition coefficient (Wildman–Crippen LogP) is 3.54. The molecule has 0 aromatic heterocycles. The molecule has 1 aromatic carbocycles. The van der Waals surface area contributed by atoms with E-state index in [0.29, 0.717) is 11.4 Å². The zero-order chi connectivity index (χ0) is 25.9. The van der Waals surface area contributed by atoms with Crippen LogP contribution in [-0.4, -0.2) is 49.1 Å². The van der Waals surface area contributed by atoms with Gasteiger partial charge in [-0.15, -0.1) is 0 Å². The first kappa shape index (κ1) is 29.4. The summed E-state index contributed by atoms with van der Waals surface area (Å²) in [5.74, 6) is -2.18. The molecule has 2 amide bonds. The summed E-state index contributed by atoms with van der Waals surface area (Å²) in [4.78, 5) is 50.6. The van der Waals surface area contributed by atoms with Crippen molar-refractivity contribution in [1.82, 2.24) is 10.6 Å². The van der Waals surface area contributed by atoms with Gasteiger partial charge >= 0.3 is 11.9 Å². The number of hydrogen-bond acceptors (Lipinski definition) is 6. The van der Waals surface area contributed by atoms with Gasteiger partial charge in [0.05, 0.1) is 18.6 Å². The fourth-order valence-electron chi connectivity index (χ4n) is 3.27. The Morgan fingerprint density at radius 2 is 1.56 bits per heavy atom. The van der Waals surface area contributed by atoms with E-state index in [1.165, 1.54) is 0 Å². The zero-order valence-corrected chi connectivity index (χ0v) is 21.7. The van der Waals surface area contributed by atoms with E-state index < -0.39 is 35.3 Å². The molecule has 2 N–H and O–H groups in total. The lowest BCUT2D eigenvalue weighted by atomic mass is 9.83. The SMILES string of the molecule is CCOC(=O)CC[C@@H](NC(=O)[C@@H](NC(=O)C(C)(C)c1ccc(Cl)cc1)[C@H](C)CC)C(=O)OCC. The van der Waals surface area contributed by atoms with Crippen LogP contribution in [0.2, 0.25) is 5.02 Å². The smallest absolute Gasteiger partial charge is 0.328 e. The van der Waals surface area contributed by atoms with Crippen molar-refractivity contribution >= 4 is 35.4 Å². The van der Waals surface area contributed by atoms with Crippen LogP contribution in [0.4, 0.5) is 0 Å². The largest absolute Gasteiger partial charge is 0.466 e. The number of rotatable bonds is 13. The molecule has 0 unspecified atom stereocenters. The second-order valence-electron chi connectivity index (χ2n) is 8.63. The molecular formula is C25H37ClN2O6. The molecule has 0 saturated heterocycles. The molecule has 0 aliphatic heterocycles. The van der Waals surface area contributed by atoms with Crippen LogP contribution in [0.5, 0.6) is 0 Å². The molecule has 3 atom stereocenters. The monoisotopic (exact) mass is 496 g/mol. The van der Waals surface area contributed by atoms with Crippen LogP contribution >= 0.6 is 11.6 Å². The average molecular weight is 497 g/mol. The van der Waals surface area contributed by atoms with E-state index in [-0.39, 0.29) is 37.9 Å². The Hall–Kier alpha value is -2.61. The van der Waals surface area contributed by atoms with E-state index in [4.69, 9.17) is 21.1 Å². The zero-order valence-electron chi connectivity index (χ0n) is 20.9. The lowest BCUT2D eigenvalue weighted by molar-refractivity contribution is -0.149. The molecule has 8 nitrogen and oxygen atoms in total. The second kappa shape index (κ2) is 13.9. The third kappa shape index (κ3) is 8.63. The molecule has 190 valence electrons. The molecule has 0 radical (unpaired) electrons. The number of benzene rings is 1. The maximum Gasteiger partial charge on any atom is 0.328 e. The van der Waals surface area contributed by atoms with Crippen LogP contribution in [0.3, 0.4) is 0 Å². The van der Waals surface area contributed by atoms with Gasteiger partial charge in [-0.25, -0.2) is 4.79 Å². The van der Waals surface area contributed by atoms with E-state index in [1.54, 1.807) is 52.0 Å². The van der Waals surface area contributed by atoms with Crippen molar-refractivity contribution in [2.45, 2.75) is 78.3 Å². The number of carbonyl (C=O) groups is 4. The van der Waals surface area contributed by atoms with Crippen LogP contribution in [0.15, 0.2) is 24.3 Å². The standard InChI is InChI=1S/C25H37ClN2O6/c1-7-16(4)21(28-24(32)25(5,6)17-10-12-18(26)13-11-17)22(30)27-19(23(31)34-9-3)14-15-20(29)33-8-2/h10-13,16,19,21H,7-9,14-15H2,1-6H3,(H,27,30)(H,28,32)/t16-,19-,21+/m1/s1. The Bertz CT molecular complexity index is 840. The molecule has 0 heterocycles. The highest BCUT2D eigenvalue weighted by Crippen LogP contribution is 2.25. The third-order valence-corrected chi connectivity index (χ3v) is 6.00. The average Bonchev–Trinajstić information content (AvgIpc) is 2.79. The van der Waals surface area contributed by atoms with E-state index in [0.717, 1.165) is 5.56 Å².